The van der Waals surface area contributed by atoms with E-state index in [-0.39, 0.29) is 0 Å². The van der Waals surface area contributed by atoms with Gasteiger partial charge in [0.1, 0.15) is 17.7 Å². The molecule has 3 aromatic rings. The van der Waals surface area contributed by atoms with Gasteiger partial charge in [-0.3, -0.25) is 15.1 Å². The van der Waals surface area contributed by atoms with E-state index >= 15 is 0 Å². The van der Waals surface area contributed by atoms with Gasteiger partial charge in [-0.15, -0.1) is 0 Å². The molecule has 0 saturated carbocycles. The van der Waals surface area contributed by atoms with Crippen molar-refractivity contribution in [1.82, 2.24) is 25.1 Å². The van der Waals surface area contributed by atoms with Crippen LogP contribution in [0.1, 0.15) is 5.82 Å². The molecule has 2 N–H and O–H groups in total. The van der Waals surface area contributed by atoms with E-state index in [1.807, 2.05) is 12.1 Å². The molecule has 18 heavy (non-hydrogen) atoms. The van der Waals surface area contributed by atoms with Crippen molar-refractivity contribution in [1.29, 1.82) is 0 Å². The van der Waals surface area contributed by atoms with Crippen molar-refractivity contribution in [2.24, 2.45) is 0 Å². The summed E-state index contributed by atoms with van der Waals surface area (Å²) < 4.78 is 0.912. The molecule has 0 unspecified atom stereocenters. The van der Waals surface area contributed by atoms with Crippen LogP contribution < -0.4 is 5.32 Å². The van der Waals surface area contributed by atoms with Crippen LogP contribution in [0.15, 0.2) is 35.3 Å². The van der Waals surface area contributed by atoms with Gasteiger partial charge < -0.3 is 5.32 Å². The van der Waals surface area contributed by atoms with Gasteiger partial charge in [0.2, 0.25) is 0 Å². The van der Waals surface area contributed by atoms with E-state index in [0.717, 1.165) is 27.0 Å². The normalized spacial score (nSPS) is 10.7. The van der Waals surface area contributed by atoms with E-state index < -0.39 is 0 Å². The molecule has 0 radical (unpaired) electrons. The van der Waals surface area contributed by atoms with Crippen LogP contribution in [0.25, 0.3) is 11.0 Å². The summed E-state index contributed by atoms with van der Waals surface area (Å²) in [6.07, 6.45) is 4.99. The Balaban J connectivity index is 1.92. The monoisotopic (exact) mass is 304 g/mol. The summed E-state index contributed by atoms with van der Waals surface area (Å²) in [5.74, 6) is 0.775. The minimum atomic E-state index is 0.566. The molecular weight excluding hydrogens is 296 g/mol. The summed E-state index contributed by atoms with van der Waals surface area (Å²) in [5, 5.41) is 9.85. The van der Waals surface area contributed by atoms with Crippen LogP contribution in [0.2, 0.25) is 0 Å². The van der Waals surface area contributed by atoms with E-state index in [9.17, 15) is 0 Å². The van der Waals surface area contributed by atoms with Crippen molar-refractivity contribution in [2.45, 2.75) is 6.54 Å². The van der Waals surface area contributed by atoms with E-state index in [1.165, 1.54) is 6.33 Å². The number of aromatic amines is 1. The maximum Gasteiger partial charge on any atom is 0.143 e. The zero-order valence-corrected chi connectivity index (χ0v) is 10.8. The predicted molar refractivity (Wildman–Crippen MR) is 70.9 cm³/mol. The van der Waals surface area contributed by atoms with Crippen molar-refractivity contribution >= 4 is 32.7 Å². The van der Waals surface area contributed by atoms with E-state index in [0.29, 0.717) is 6.54 Å². The number of H-pyrrole nitrogens is 1. The number of rotatable bonds is 3. The zero-order valence-electron chi connectivity index (χ0n) is 9.26. The average Bonchev–Trinajstić information content (AvgIpc) is 2.89. The van der Waals surface area contributed by atoms with Crippen molar-refractivity contribution in [3.63, 3.8) is 0 Å². The number of fused-ring (bicyclic) bond motifs is 1. The first-order chi connectivity index (χ1) is 8.83. The van der Waals surface area contributed by atoms with Crippen molar-refractivity contribution in [3.05, 3.63) is 41.2 Å². The number of pyridine rings is 2. The molecule has 0 aliphatic carbocycles. The highest BCUT2D eigenvalue weighted by molar-refractivity contribution is 9.10. The first-order valence-electron chi connectivity index (χ1n) is 5.31. The van der Waals surface area contributed by atoms with Gasteiger partial charge in [-0.25, -0.2) is 4.98 Å². The fourth-order valence-electron chi connectivity index (χ4n) is 1.64. The lowest BCUT2D eigenvalue weighted by Gasteiger charge is -2.07. The predicted octanol–water partition coefficient (Wildman–Crippen LogP) is 2.12. The first-order valence-corrected chi connectivity index (χ1v) is 6.10. The Labute approximate surface area is 111 Å². The third-order valence-electron chi connectivity index (χ3n) is 2.46. The van der Waals surface area contributed by atoms with E-state index in [1.54, 1.807) is 12.4 Å². The fourth-order valence-corrected chi connectivity index (χ4v) is 1.96. The standard InChI is InChI=1S/C11H9BrN6/c12-7-3-9-11(15-4-7)8(1-2-13-9)14-5-10-16-6-17-18-10/h1-4,6H,5H2,(H,13,14)(H,16,17,18). The Kier molecular flexibility index (Phi) is 2.89. The zero-order chi connectivity index (χ0) is 12.4. The minimum Gasteiger partial charge on any atom is -0.376 e. The van der Waals surface area contributed by atoms with Gasteiger partial charge in [-0.2, -0.15) is 5.10 Å². The van der Waals surface area contributed by atoms with Crippen LogP contribution in [0.5, 0.6) is 0 Å². The number of hydrogen-bond donors (Lipinski definition) is 2. The highest BCUT2D eigenvalue weighted by atomic mass is 79.9. The third kappa shape index (κ3) is 2.17. The molecule has 0 fully saturated rings. The van der Waals surface area contributed by atoms with Crippen LogP contribution in [0.3, 0.4) is 0 Å². The first kappa shape index (κ1) is 11.1. The SMILES string of the molecule is Brc1cnc2c(NCc3ncn[nH]3)ccnc2c1. The second-order valence-corrected chi connectivity index (χ2v) is 4.58. The molecule has 3 aromatic heterocycles. The summed E-state index contributed by atoms with van der Waals surface area (Å²) in [7, 11) is 0. The van der Waals surface area contributed by atoms with Crippen LogP contribution in [-0.4, -0.2) is 25.1 Å². The van der Waals surface area contributed by atoms with Crippen molar-refractivity contribution < 1.29 is 0 Å². The molecule has 0 spiro atoms. The van der Waals surface area contributed by atoms with Crippen LogP contribution in [0.4, 0.5) is 5.69 Å². The number of hydrogen-bond acceptors (Lipinski definition) is 5. The van der Waals surface area contributed by atoms with E-state index in [4.69, 9.17) is 0 Å². The second kappa shape index (κ2) is 4.69. The largest absolute Gasteiger partial charge is 0.376 e. The molecule has 6 nitrogen and oxygen atoms in total. The molecule has 0 aromatic carbocycles. The molecule has 0 atom stereocenters. The molecule has 0 aliphatic heterocycles. The lowest BCUT2D eigenvalue weighted by atomic mass is 10.3. The quantitative estimate of drug-likeness (QED) is 0.775. The highest BCUT2D eigenvalue weighted by Crippen LogP contribution is 2.22. The van der Waals surface area contributed by atoms with Crippen LogP contribution in [0, 0.1) is 0 Å². The minimum absolute atomic E-state index is 0.566. The molecule has 0 amide bonds. The fraction of sp³-hybridized carbons (Fsp3) is 0.0909. The molecule has 3 rings (SSSR count). The van der Waals surface area contributed by atoms with Gasteiger partial charge in [0.05, 0.1) is 17.7 Å². The lowest BCUT2D eigenvalue weighted by molar-refractivity contribution is 0.955. The Hall–Kier alpha value is -2.02. The molecule has 0 bridgehead atoms. The third-order valence-corrected chi connectivity index (χ3v) is 2.89. The Morgan fingerprint density at radius 3 is 3.06 bits per heavy atom. The van der Waals surface area contributed by atoms with Gasteiger partial charge in [0, 0.05) is 16.9 Å². The van der Waals surface area contributed by atoms with Gasteiger partial charge in [-0.1, -0.05) is 0 Å². The van der Waals surface area contributed by atoms with Crippen LogP contribution in [-0.2, 0) is 6.54 Å². The summed E-state index contributed by atoms with van der Waals surface area (Å²) >= 11 is 3.38. The second-order valence-electron chi connectivity index (χ2n) is 3.67. The number of nitrogens with one attached hydrogen (secondary N) is 2. The Morgan fingerprint density at radius 1 is 1.28 bits per heavy atom. The van der Waals surface area contributed by atoms with Gasteiger partial charge in [-0.05, 0) is 28.1 Å². The number of anilines is 1. The number of halogens is 1. The van der Waals surface area contributed by atoms with Gasteiger partial charge in [0.25, 0.3) is 0 Å². The summed E-state index contributed by atoms with van der Waals surface area (Å²) in [4.78, 5) is 12.7. The summed E-state index contributed by atoms with van der Waals surface area (Å²) in [6, 6.07) is 3.82. The molecule has 0 aliphatic rings. The maximum absolute atomic E-state index is 4.36. The van der Waals surface area contributed by atoms with Crippen molar-refractivity contribution in [3.8, 4) is 0 Å². The lowest BCUT2D eigenvalue weighted by Crippen LogP contribution is -2.02. The number of aromatic nitrogens is 5. The van der Waals surface area contributed by atoms with Crippen molar-refractivity contribution in [2.75, 3.05) is 5.32 Å². The molecule has 7 heteroatoms. The van der Waals surface area contributed by atoms with Crippen LogP contribution >= 0.6 is 15.9 Å². The smallest absolute Gasteiger partial charge is 0.143 e. The summed E-state index contributed by atoms with van der Waals surface area (Å²) in [5.41, 5.74) is 2.59. The molecule has 90 valence electrons. The Morgan fingerprint density at radius 2 is 2.22 bits per heavy atom. The average molecular weight is 305 g/mol. The summed E-state index contributed by atoms with van der Waals surface area (Å²) in [6.45, 7) is 0.566. The molecule has 3 heterocycles. The highest BCUT2D eigenvalue weighted by Gasteiger charge is 2.04. The topological polar surface area (TPSA) is 79.4 Å². The van der Waals surface area contributed by atoms with E-state index in [2.05, 4.69) is 46.4 Å². The van der Waals surface area contributed by atoms with Gasteiger partial charge in [0.15, 0.2) is 0 Å². The maximum atomic E-state index is 4.36. The molecule has 0 saturated heterocycles. The number of nitrogens with zero attached hydrogens (tertiary/aromatic N) is 4. The molecular formula is C11H9BrN6. The Bertz CT molecular complexity index is 666. The van der Waals surface area contributed by atoms with Gasteiger partial charge >= 0.3 is 0 Å².